The molecule has 2 aromatic rings. The van der Waals surface area contributed by atoms with Crippen LogP contribution in [0.25, 0.3) is 0 Å². The number of hydrogen-bond acceptors (Lipinski definition) is 4. The van der Waals surface area contributed by atoms with Crippen molar-refractivity contribution in [2.45, 2.75) is 12.8 Å². The number of pyridine rings is 1. The normalized spacial score (nSPS) is 11.4. The number of rotatable bonds is 4. The van der Waals surface area contributed by atoms with E-state index in [0.29, 0.717) is 16.9 Å². The first-order valence-electron chi connectivity index (χ1n) is 6.15. The molecule has 1 atom stereocenters. The molecule has 0 saturated heterocycles. The molecule has 0 spiro atoms. The van der Waals surface area contributed by atoms with Gasteiger partial charge in [-0.15, -0.1) is 0 Å². The van der Waals surface area contributed by atoms with Gasteiger partial charge in [0.2, 0.25) is 0 Å². The van der Waals surface area contributed by atoms with Gasteiger partial charge in [0, 0.05) is 12.4 Å². The third-order valence-corrected chi connectivity index (χ3v) is 3.05. The quantitative estimate of drug-likeness (QED) is 0.798. The van der Waals surface area contributed by atoms with E-state index in [0.717, 1.165) is 5.56 Å². The van der Waals surface area contributed by atoms with Crippen LogP contribution in [-0.4, -0.2) is 17.9 Å². The largest absolute Gasteiger partial charge is 0.496 e. The van der Waals surface area contributed by atoms with Gasteiger partial charge < -0.3 is 4.74 Å². The van der Waals surface area contributed by atoms with Crippen molar-refractivity contribution in [3.05, 3.63) is 59.4 Å². The summed E-state index contributed by atoms with van der Waals surface area (Å²) in [5.74, 6) is -0.636. The van der Waals surface area contributed by atoms with E-state index < -0.39 is 5.92 Å². The average Bonchev–Trinajstić information content (AvgIpc) is 2.49. The zero-order valence-corrected chi connectivity index (χ0v) is 11.3. The molecule has 100 valence electrons. The predicted octanol–water partition coefficient (Wildman–Crippen LogP) is 2.89. The van der Waals surface area contributed by atoms with Crippen molar-refractivity contribution in [1.29, 1.82) is 5.26 Å². The first-order valence-corrected chi connectivity index (χ1v) is 6.15. The van der Waals surface area contributed by atoms with Gasteiger partial charge in [-0.25, -0.2) is 0 Å². The Morgan fingerprint density at radius 3 is 2.60 bits per heavy atom. The summed E-state index contributed by atoms with van der Waals surface area (Å²) < 4.78 is 5.21. The molecule has 20 heavy (non-hydrogen) atoms. The number of methoxy groups -OCH3 is 1. The van der Waals surface area contributed by atoms with Gasteiger partial charge >= 0.3 is 0 Å². The van der Waals surface area contributed by atoms with E-state index in [2.05, 4.69) is 11.1 Å². The Kier molecular flexibility index (Phi) is 4.11. The van der Waals surface area contributed by atoms with E-state index in [1.54, 1.807) is 36.7 Å². The number of benzene rings is 1. The molecule has 4 heteroatoms. The number of aromatic nitrogens is 1. The first-order chi connectivity index (χ1) is 9.67. The Hall–Kier alpha value is -2.67. The van der Waals surface area contributed by atoms with Gasteiger partial charge in [-0.3, -0.25) is 9.78 Å². The minimum atomic E-state index is -0.853. The minimum Gasteiger partial charge on any atom is -0.496 e. The van der Waals surface area contributed by atoms with Crippen LogP contribution in [0.15, 0.2) is 42.7 Å². The molecule has 0 radical (unpaired) electrons. The Labute approximate surface area is 117 Å². The summed E-state index contributed by atoms with van der Waals surface area (Å²) in [5.41, 5.74) is 2.01. The molecule has 0 fully saturated rings. The number of hydrogen-bond donors (Lipinski definition) is 0. The van der Waals surface area contributed by atoms with E-state index in [1.807, 2.05) is 13.0 Å². The highest BCUT2D eigenvalue weighted by molar-refractivity contribution is 6.04. The van der Waals surface area contributed by atoms with Crippen LogP contribution in [0.5, 0.6) is 5.75 Å². The van der Waals surface area contributed by atoms with E-state index in [9.17, 15) is 10.1 Å². The van der Waals surface area contributed by atoms with Crippen molar-refractivity contribution < 1.29 is 9.53 Å². The molecule has 1 heterocycles. The number of ketones is 1. The second-order valence-corrected chi connectivity index (χ2v) is 4.41. The standard InChI is InChI=1S/C16H14N2O2/c1-11-3-4-15(20-2)13(9-11)16(19)14(10-17)12-5-7-18-8-6-12/h3-9,14H,1-2H3. The summed E-state index contributed by atoms with van der Waals surface area (Å²) in [7, 11) is 1.51. The van der Waals surface area contributed by atoms with Crippen LogP contribution in [0.2, 0.25) is 0 Å². The summed E-state index contributed by atoms with van der Waals surface area (Å²) in [6.07, 6.45) is 3.14. The number of nitrogens with zero attached hydrogens (tertiary/aromatic N) is 2. The lowest BCUT2D eigenvalue weighted by molar-refractivity contribution is 0.0976. The van der Waals surface area contributed by atoms with Crippen LogP contribution in [0.1, 0.15) is 27.4 Å². The SMILES string of the molecule is COc1ccc(C)cc1C(=O)C(C#N)c1ccncc1. The monoisotopic (exact) mass is 266 g/mol. The highest BCUT2D eigenvalue weighted by Crippen LogP contribution is 2.27. The molecule has 1 aromatic heterocycles. The fraction of sp³-hybridized carbons (Fsp3) is 0.188. The molecule has 0 aliphatic carbocycles. The van der Waals surface area contributed by atoms with Crippen LogP contribution >= 0.6 is 0 Å². The number of Topliss-reactive ketones (excluding diaryl/α,β-unsaturated/α-hetero) is 1. The van der Waals surface area contributed by atoms with Crippen LogP contribution in [0.4, 0.5) is 0 Å². The smallest absolute Gasteiger partial charge is 0.188 e. The molecular formula is C16H14N2O2. The maximum Gasteiger partial charge on any atom is 0.188 e. The molecule has 0 aliphatic rings. The lowest BCUT2D eigenvalue weighted by atomic mass is 9.91. The van der Waals surface area contributed by atoms with Crippen molar-refractivity contribution in [1.82, 2.24) is 4.98 Å². The Bertz CT molecular complexity index is 660. The fourth-order valence-corrected chi connectivity index (χ4v) is 2.01. The summed E-state index contributed by atoms with van der Waals surface area (Å²) in [6, 6.07) is 10.8. The van der Waals surface area contributed by atoms with Gasteiger partial charge in [0.05, 0.1) is 18.7 Å². The van der Waals surface area contributed by atoms with Gasteiger partial charge in [0.1, 0.15) is 11.7 Å². The number of aryl methyl sites for hydroxylation is 1. The van der Waals surface area contributed by atoms with E-state index in [-0.39, 0.29) is 5.78 Å². The van der Waals surface area contributed by atoms with Gasteiger partial charge in [-0.1, -0.05) is 11.6 Å². The Morgan fingerprint density at radius 1 is 1.30 bits per heavy atom. The molecule has 0 aliphatic heterocycles. The molecule has 0 saturated carbocycles. The molecule has 1 unspecified atom stereocenters. The maximum absolute atomic E-state index is 12.6. The first kappa shape index (κ1) is 13.8. The van der Waals surface area contributed by atoms with Crippen molar-refractivity contribution in [3.63, 3.8) is 0 Å². The summed E-state index contributed by atoms with van der Waals surface area (Å²) in [6.45, 7) is 1.89. The number of nitriles is 1. The number of ether oxygens (including phenoxy) is 1. The van der Waals surface area contributed by atoms with Crippen molar-refractivity contribution in [2.75, 3.05) is 7.11 Å². The van der Waals surface area contributed by atoms with Crippen LogP contribution in [0, 0.1) is 18.3 Å². The minimum absolute atomic E-state index is 0.265. The lowest BCUT2D eigenvalue weighted by Crippen LogP contribution is -2.12. The third kappa shape index (κ3) is 2.67. The van der Waals surface area contributed by atoms with Crippen molar-refractivity contribution in [2.24, 2.45) is 0 Å². The molecule has 2 rings (SSSR count). The molecule has 0 bridgehead atoms. The summed E-state index contributed by atoms with van der Waals surface area (Å²) >= 11 is 0. The molecular weight excluding hydrogens is 252 g/mol. The van der Waals surface area contributed by atoms with Gasteiger partial charge in [0.15, 0.2) is 5.78 Å². The zero-order chi connectivity index (χ0) is 14.5. The highest BCUT2D eigenvalue weighted by Gasteiger charge is 2.24. The van der Waals surface area contributed by atoms with Gasteiger partial charge in [0.25, 0.3) is 0 Å². The van der Waals surface area contributed by atoms with Crippen LogP contribution < -0.4 is 4.74 Å². The topological polar surface area (TPSA) is 63.0 Å². The second-order valence-electron chi connectivity index (χ2n) is 4.41. The van der Waals surface area contributed by atoms with Gasteiger partial charge in [-0.2, -0.15) is 5.26 Å². The molecule has 4 nitrogen and oxygen atoms in total. The Balaban J connectivity index is 2.45. The van der Waals surface area contributed by atoms with E-state index in [1.165, 1.54) is 7.11 Å². The number of carbonyl (C=O) groups is 1. The molecule has 0 amide bonds. The van der Waals surface area contributed by atoms with Crippen LogP contribution in [-0.2, 0) is 0 Å². The highest BCUT2D eigenvalue weighted by atomic mass is 16.5. The molecule has 0 N–H and O–H groups in total. The average molecular weight is 266 g/mol. The third-order valence-electron chi connectivity index (χ3n) is 3.05. The Morgan fingerprint density at radius 2 is 2.00 bits per heavy atom. The van der Waals surface area contributed by atoms with E-state index in [4.69, 9.17) is 4.74 Å². The number of carbonyl (C=O) groups excluding carboxylic acids is 1. The van der Waals surface area contributed by atoms with Crippen molar-refractivity contribution in [3.8, 4) is 11.8 Å². The summed E-state index contributed by atoms with van der Waals surface area (Å²) in [5, 5.41) is 9.31. The second kappa shape index (κ2) is 5.98. The van der Waals surface area contributed by atoms with Gasteiger partial charge in [-0.05, 0) is 36.8 Å². The van der Waals surface area contributed by atoms with Crippen molar-refractivity contribution >= 4 is 5.78 Å². The lowest BCUT2D eigenvalue weighted by Gasteiger charge is -2.12. The maximum atomic E-state index is 12.6. The predicted molar refractivity (Wildman–Crippen MR) is 74.7 cm³/mol. The molecule has 1 aromatic carbocycles. The van der Waals surface area contributed by atoms with E-state index >= 15 is 0 Å². The fourth-order valence-electron chi connectivity index (χ4n) is 2.01. The summed E-state index contributed by atoms with van der Waals surface area (Å²) in [4.78, 5) is 16.5. The zero-order valence-electron chi connectivity index (χ0n) is 11.3. The van der Waals surface area contributed by atoms with Crippen LogP contribution in [0.3, 0.4) is 0 Å².